The number of morpholine rings is 1. The lowest BCUT2D eigenvalue weighted by Gasteiger charge is -2.44. The molecule has 5 rings (SSSR count). The van der Waals surface area contributed by atoms with Gasteiger partial charge in [-0.15, -0.1) is 12.6 Å². The number of rotatable bonds is 6. The molecule has 0 amide bonds. The van der Waals surface area contributed by atoms with Crippen molar-refractivity contribution in [2.75, 3.05) is 44.2 Å². The highest BCUT2D eigenvalue weighted by Gasteiger charge is 2.51. The molecule has 2 bridgehead atoms. The van der Waals surface area contributed by atoms with Gasteiger partial charge in [0.25, 0.3) is 0 Å². The van der Waals surface area contributed by atoms with Crippen molar-refractivity contribution >= 4 is 28.3 Å². The molecular weight excluding hydrogens is 527 g/mol. The first-order valence-electron chi connectivity index (χ1n) is 12.2. The Balaban J connectivity index is 1.41. The third-order valence-electron chi connectivity index (χ3n) is 7.70. The molecule has 3 heterocycles. The van der Waals surface area contributed by atoms with Gasteiger partial charge in [-0.1, -0.05) is 24.3 Å². The van der Waals surface area contributed by atoms with Crippen molar-refractivity contribution in [2.24, 2.45) is 0 Å². The number of anilines is 1. The lowest BCUT2D eigenvalue weighted by atomic mass is 9.95. The molecule has 0 saturated carbocycles. The summed E-state index contributed by atoms with van der Waals surface area (Å²) in [4.78, 5) is 4.90. The number of hydrogen-bond acceptors (Lipinski definition) is 7. The number of benzene rings is 2. The van der Waals surface area contributed by atoms with Gasteiger partial charge in [0.05, 0.1) is 23.6 Å². The summed E-state index contributed by atoms with van der Waals surface area (Å²) in [5.74, 6) is 0. The van der Waals surface area contributed by atoms with Crippen LogP contribution in [0.3, 0.4) is 0 Å². The second kappa shape index (κ2) is 9.73. The topological polar surface area (TPSA) is 73.3 Å². The van der Waals surface area contributed by atoms with Gasteiger partial charge in [-0.25, -0.2) is 8.42 Å². The van der Waals surface area contributed by atoms with Crippen LogP contribution in [-0.2, 0) is 20.4 Å². The van der Waals surface area contributed by atoms with Crippen molar-refractivity contribution in [2.45, 2.75) is 53.1 Å². The van der Waals surface area contributed by atoms with Crippen LogP contribution in [0.15, 0.2) is 58.3 Å². The largest absolute Gasteiger partial charge is 0.421 e. The minimum atomic E-state index is -4.81. The SMILES string of the molecule is CC(O)(c1ccc(N2CCN(S(=O)(=O)c3ccccc3S)CC2CN2C[C@H]3C[C@@H]2CO3)cc1)C(F)(F)F. The quantitative estimate of drug-likeness (QED) is 0.532. The van der Waals surface area contributed by atoms with E-state index >= 15 is 0 Å². The Morgan fingerprint density at radius 2 is 1.78 bits per heavy atom. The van der Waals surface area contributed by atoms with Crippen molar-refractivity contribution in [3.63, 3.8) is 0 Å². The lowest BCUT2D eigenvalue weighted by molar-refractivity contribution is -0.258. The molecule has 12 heteroatoms. The van der Waals surface area contributed by atoms with E-state index in [2.05, 4.69) is 22.4 Å². The summed E-state index contributed by atoms with van der Waals surface area (Å²) in [7, 11) is -3.79. The van der Waals surface area contributed by atoms with Crippen LogP contribution in [0.25, 0.3) is 0 Å². The maximum Gasteiger partial charge on any atom is 0.421 e. The molecule has 3 aliphatic rings. The van der Waals surface area contributed by atoms with E-state index in [1.807, 2.05) is 0 Å². The molecule has 7 nitrogen and oxygen atoms in total. The van der Waals surface area contributed by atoms with Gasteiger partial charge < -0.3 is 14.7 Å². The van der Waals surface area contributed by atoms with Gasteiger partial charge in [-0.05, 0) is 43.2 Å². The van der Waals surface area contributed by atoms with Crippen LogP contribution < -0.4 is 4.90 Å². The Labute approximate surface area is 220 Å². The average Bonchev–Trinajstić information content (AvgIpc) is 3.47. The number of likely N-dealkylation sites (tertiary alicyclic amines) is 1. The zero-order chi connectivity index (χ0) is 26.6. The van der Waals surface area contributed by atoms with E-state index in [1.165, 1.54) is 16.4 Å². The predicted octanol–water partition coefficient (Wildman–Crippen LogP) is 3.10. The number of hydrogen-bond donors (Lipinski definition) is 2. The smallest absolute Gasteiger partial charge is 0.376 e. The molecule has 2 aromatic rings. The number of halogens is 3. The molecule has 0 aromatic heterocycles. The number of ether oxygens (including phenoxy) is 1. The summed E-state index contributed by atoms with van der Waals surface area (Å²) in [6.07, 6.45) is -3.68. The van der Waals surface area contributed by atoms with Crippen LogP contribution in [-0.4, -0.2) is 86.4 Å². The summed E-state index contributed by atoms with van der Waals surface area (Å²) < 4.78 is 74.1. The van der Waals surface area contributed by atoms with Crippen LogP contribution >= 0.6 is 12.6 Å². The van der Waals surface area contributed by atoms with Gasteiger partial charge in [-0.3, -0.25) is 4.90 Å². The van der Waals surface area contributed by atoms with E-state index in [-0.39, 0.29) is 41.7 Å². The highest BCUT2D eigenvalue weighted by atomic mass is 32.2. The summed E-state index contributed by atoms with van der Waals surface area (Å²) in [5, 5.41) is 10.0. The van der Waals surface area contributed by atoms with Gasteiger partial charge in [0.2, 0.25) is 10.0 Å². The fourth-order valence-electron chi connectivity index (χ4n) is 5.47. The Hall–Kier alpha value is -1.83. The number of aliphatic hydroxyl groups is 1. The van der Waals surface area contributed by atoms with Crippen LogP contribution in [0, 0.1) is 0 Å². The maximum absolute atomic E-state index is 13.5. The summed E-state index contributed by atoms with van der Waals surface area (Å²) in [5.41, 5.74) is -2.54. The van der Waals surface area contributed by atoms with E-state index < -0.39 is 21.8 Å². The molecule has 3 saturated heterocycles. The molecule has 1 N–H and O–H groups in total. The van der Waals surface area contributed by atoms with Gasteiger partial charge in [0.15, 0.2) is 5.60 Å². The van der Waals surface area contributed by atoms with E-state index in [1.54, 1.807) is 36.4 Å². The molecule has 37 heavy (non-hydrogen) atoms. The van der Waals surface area contributed by atoms with Gasteiger partial charge in [-0.2, -0.15) is 17.5 Å². The number of alkyl halides is 3. The highest BCUT2D eigenvalue weighted by molar-refractivity contribution is 7.90. The minimum Gasteiger partial charge on any atom is -0.376 e. The first-order chi connectivity index (χ1) is 17.4. The molecule has 2 unspecified atom stereocenters. The predicted molar refractivity (Wildman–Crippen MR) is 135 cm³/mol. The molecule has 0 spiro atoms. The Bertz CT molecular complexity index is 1240. The second-order valence-corrected chi connectivity index (χ2v) is 12.5. The van der Waals surface area contributed by atoms with Crippen LogP contribution in [0.1, 0.15) is 18.9 Å². The molecule has 0 radical (unpaired) electrons. The van der Waals surface area contributed by atoms with Crippen LogP contribution in [0.4, 0.5) is 18.9 Å². The zero-order valence-corrected chi connectivity index (χ0v) is 22.0. The fraction of sp³-hybridized carbons (Fsp3) is 0.520. The number of piperazine rings is 1. The number of sulfonamides is 1. The molecule has 3 fully saturated rings. The molecule has 202 valence electrons. The summed E-state index contributed by atoms with van der Waals surface area (Å²) in [6.45, 7) is 3.56. The Kier molecular flexibility index (Phi) is 7.04. The van der Waals surface area contributed by atoms with E-state index in [9.17, 15) is 26.7 Å². The monoisotopic (exact) mass is 557 g/mol. The second-order valence-electron chi connectivity index (χ2n) is 10.1. The molecule has 2 aromatic carbocycles. The lowest BCUT2D eigenvalue weighted by Crippen LogP contribution is -2.59. The molecule has 0 aliphatic carbocycles. The standard InChI is InChI=1S/C25H30F3N3O4S2/c1-24(32,25(26,27)28)17-6-8-18(9-7-17)31-11-10-30(37(33,34)23-5-3-2-4-22(23)36)14-20(31)13-29-15-21-12-19(29)16-35-21/h2-9,19-21,32,36H,10-16H2,1H3/t19-,20?,21-,24?/m1/s1. The van der Waals surface area contributed by atoms with Crippen molar-refractivity contribution in [3.05, 3.63) is 54.1 Å². The molecule has 3 aliphatic heterocycles. The average molecular weight is 558 g/mol. The molecule has 4 atom stereocenters. The number of nitrogens with zero attached hydrogens (tertiary/aromatic N) is 3. The third-order valence-corrected chi connectivity index (χ3v) is 10.2. The minimum absolute atomic E-state index is 0.151. The Morgan fingerprint density at radius 1 is 1.08 bits per heavy atom. The highest BCUT2D eigenvalue weighted by Crippen LogP contribution is 2.39. The third kappa shape index (κ3) is 4.99. The van der Waals surface area contributed by atoms with Crippen molar-refractivity contribution < 1.29 is 31.4 Å². The molecular formula is C25H30F3N3O4S2. The van der Waals surface area contributed by atoms with E-state index in [4.69, 9.17) is 4.74 Å². The fourth-order valence-corrected chi connectivity index (χ4v) is 7.53. The number of thiol groups is 1. The summed E-state index contributed by atoms with van der Waals surface area (Å²) in [6, 6.07) is 12.3. The zero-order valence-electron chi connectivity index (χ0n) is 20.3. The van der Waals surface area contributed by atoms with Crippen molar-refractivity contribution in [1.29, 1.82) is 0 Å². The summed E-state index contributed by atoms with van der Waals surface area (Å²) >= 11 is 4.35. The first kappa shape index (κ1) is 26.8. The van der Waals surface area contributed by atoms with E-state index in [0.29, 0.717) is 30.3 Å². The Morgan fingerprint density at radius 3 is 2.38 bits per heavy atom. The van der Waals surface area contributed by atoms with Crippen LogP contribution in [0.2, 0.25) is 0 Å². The van der Waals surface area contributed by atoms with Crippen molar-refractivity contribution in [3.8, 4) is 0 Å². The first-order valence-corrected chi connectivity index (χ1v) is 14.1. The van der Waals surface area contributed by atoms with E-state index in [0.717, 1.165) is 19.9 Å². The van der Waals surface area contributed by atoms with Crippen molar-refractivity contribution in [1.82, 2.24) is 9.21 Å². The normalized spacial score (nSPS) is 27.0. The van der Waals surface area contributed by atoms with Gasteiger partial charge in [0, 0.05) is 49.3 Å². The van der Waals surface area contributed by atoms with Crippen LogP contribution in [0.5, 0.6) is 0 Å². The van der Waals surface area contributed by atoms with Gasteiger partial charge >= 0.3 is 6.18 Å². The number of fused-ring (bicyclic) bond motifs is 2. The van der Waals surface area contributed by atoms with Gasteiger partial charge in [0.1, 0.15) is 0 Å². The maximum atomic E-state index is 13.5.